The number of hydrogen-bond acceptors (Lipinski definition) is 3. The van der Waals surface area contributed by atoms with E-state index in [-0.39, 0.29) is 11.5 Å². The monoisotopic (exact) mass is 245 g/mol. The average molecular weight is 245 g/mol. The Morgan fingerprint density at radius 1 is 1.39 bits per heavy atom. The third kappa shape index (κ3) is 3.05. The lowest BCUT2D eigenvalue weighted by Crippen LogP contribution is -2.25. The average Bonchev–Trinajstić information content (AvgIpc) is 2.32. The van der Waals surface area contributed by atoms with Gasteiger partial charge in [0.2, 0.25) is 5.91 Å². The molecule has 1 atom stereocenters. The molecule has 1 N–H and O–H groups in total. The largest absolute Gasteiger partial charge is 0.325 e. The van der Waals surface area contributed by atoms with Crippen LogP contribution in [-0.2, 0) is 4.79 Å². The topological polar surface area (TPSA) is 76.7 Å². The van der Waals surface area contributed by atoms with Crippen molar-refractivity contribution < 1.29 is 9.18 Å². The minimum atomic E-state index is -0.777. The number of hydrogen-bond donors (Lipinski definition) is 1. The van der Waals surface area contributed by atoms with E-state index in [9.17, 15) is 9.18 Å². The van der Waals surface area contributed by atoms with E-state index in [1.807, 2.05) is 6.07 Å². The summed E-state index contributed by atoms with van der Waals surface area (Å²) in [5.74, 6) is -1.99. The van der Waals surface area contributed by atoms with Crippen LogP contribution >= 0.6 is 0 Å². The van der Waals surface area contributed by atoms with Crippen molar-refractivity contribution in [3.05, 3.63) is 29.6 Å². The molecule has 18 heavy (non-hydrogen) atoms. The molecule has 1 amide bonds. The molecule has 0 aliphatic carbocycles. The number of amides is 1. The van der Waals surface area contributed by atoms with E-state index in [2.05, 4.69) is 5.32 Å². The summed E-state index contributed by atoms with van der Waals surface area (Å²) < 4.78 is 13.1. The molecule has 1 unspecified atom stereocenters. The Morgan fingerprint density at radius 3 is 2.56 bits per heavy atom. The molecule has 0 fully saturated rings. The quantitative estimate of drug-likeness (QED) is 0.888. The molecule has 0 saturated carbocycles. The summed E-state index contributed by atoms with van der Waals surface area (Å²) in [6, 6.07) is 7.28. The molecule has 0 radical (unpaired) electrons. The van der Waals surface area contributed by atoms with Crippen molar-refractivity contribution in [3.63, 3.8) is 0 Å². The standard InChI is InChI=1S/C13H12FN3O/c1-8(2)11(7-16)13(18)17-10-3-4-12(14)9(5-10)6-15/h3-5,8,11H,1-2H3,(H,17,18). The number of nitrogens with zero attached hydrogens (tertiary/aromatic N) is 2. The number of halogens is 1. The number of carbonyl (C=O) groups excluding carboxylic acids is 1. The van der Waals surface area contributed by atoms with Crippen molar-refractivity contribution in [2.45, 2.75) is 13.8 Å². The van der Waals surface area contributed by atoms with Gasteiger partial charge >= 0.3 is 0 Å². The number of carbonyl (C=O) groups is 1. The second-order valence-electron chi connectivity index (χ2n) is 4.15. The molecule has 1 aromatic carbocycles. The first-order valence-electron chi connectivity index (χ1n) is 5.39. The lowest BCUT2D eigenvalue weighted by atomic mass is 9.96. The first kappa shape index (κ1) is 13.7. The van der Waals surface area contributed by atoms with Crippen molar-refractivity contribution in [1.82, 2.24) is 0 Å². The van der Waals surface area contributed by atoms with Crippen molar-refractivity contribution in [2.75, 3.05) is 5.32 Å². The number of nitrogens with one attached hydrogen (secondary N) is 1. The third-order valence-corrected chi connectivity index (χ3v) is 2.44. The van der Waals surface area contributed by atoms with Gasteiger partial charge in [0, 0.05) is 5.69 Å². The van der Waals surface area contributed by atoms with Crippen LogP contribution in [0.3, 0.4) is 0 Å². The van der Waals surface area contributed by atoms with Crippen LogP contribution in [0.1, 0.15) is 19.4 Å². The maximum Gasteiger partial charge on any atom is 0.241 e. The SMILES string of the molecule is CC(C)C(C#N)C(=O)Nc1ccc(F)c(C#N)c1. The lowest BCUT2D eigenvalue weighted by Gasteiger charge is -2.13. The Morgan fingerprint density at radius 2 is 2.06 bits per heavy atom. The Bertz CT molecular complexity index is 540. The van der Waals surface area contributed by atoms with E-state index in [1.54, 1.807) is 19.9 Å². The summed E-state index contributed by atoms with van der Waals surface area (Å²) >= 11 is 0. The molecule has 4 nitrogen and oxygen atoms in total. The number of rotatable bonds is 3. The van der Waals surface area contributed by atoms with Gasteiger partial charge in [0.25, 0.3) is 0 Å². The number of nitriles is 2. The Kier molecular flexibility index (Phi) is 4.39. The van der Waals surface area contributed by atoms with Gasteiger partial charge in [-0.25, -0.2) is 4.39 Å². The zero-order valence-corrected chi connectivity index (χ0v) is 10.1. The van der Waals surface area contributed by atoms with Gasteiger partial charge in [0.15, 0.2) is 0 Å². The zero-order chi connectivity index (χ0) is 13.7. The van der Waals surface area contributed by atoms with Crippen molar-refractivity contribution in [1.29, 1.82) is 10.5 Å². The van der Waals surface area contributed by atoms with Gasteiger partial charge < -0.3 is 5.32 Å². The molecule has 0 aliphatic heterocycles. The van der Waals surface area contributed by atoms with Crippen molar-refractivity contribution in [2.24, 2.45) is 11.8 Å². The van der Waals surface area contributed by atoms with Crippen molar-refractivity contribution in [3.8, 4) is 12.1 Å². The van der Waals surface area contributed by atoms with Gasteiger partial charge in [-0.2, -0.15) is 10.5 Å². The van der Waals surface area contributed by atoms with Gasteiger partial charge in [-0.1, -0.05) is 13.8 Å². The molecular weight excluding hydrogens is 233 g/mol. The Hall–Kier alpha value is -2.40. The summed E-state index contributed by atoms with van der Waals surface area (Å²) in [5.41, 5.74) is 0.157. The van der Waals surface area contributed by atoms with E-state index in [0.717, 1.165) is 6.07 Å². The molecule has 0 aromatic heterocycles. The minimum Gasteiger partial charge on any atom is -0.325 e. The molecule has 0 bridgehead atoms. The summed E-state index contributed by atoms with van der Waals surface area (Å²) in [6.07, 6.45) is 0. The van der Waals surface area contributed by atoms with E-state index < -0.39 is 17.6 Å². The smallest absolute Gasteiger partial charge is 0.241 e. The van der Waals surface area contributed by atoms with Crippen LogP contribution in [0, 0.1) is 40.3 Å². The second-order valence-corrected chi connectivity index (χ2v) is 4.15. The summed E-state index contributed by atoms with van der Waals surface area (Å²) in [7, 11) is 0. The van der Waals surface area contributed by atoms with Gasteiger partial charge in [-0.3, -0.25) is 4.79 Å². The fourth-order valence-corrected chi connectivity index (χ4v) is 1.42. The fourth-order valence-electron chi connectivity index (χ4n) is 1.42. The molecule has 0 heterocycles. The normalized spacial score (nSPS) is 11.4. The van der Waals surface area contributed by atoms with Gasteiger partial charge in [-0.15, -0.1) is 0 Å². The highest BCUT2D eigenvalue weighted by Crippen LogP contribution is 2.17. The molecule has 5 heteroatoms. The minimum absolute atomic E-state index is 0.120. The maximum atomic E-state index is 13.1. The fraction of sp³-hybridized carbons (Fsp3) is 0.308. The summed E-state index contributed by atoms with van der Waals surface area (Å²) in [4.78, 5) is 11.8. The van der Waals surface area contributed by atoms with Crippen molar-refractivity contribution >= 4 is 11.6 Å². The number of anilines is 1. The highest BCUT2D eigenvalue weighted by molar-refractivity contribution is 5.94. The molecule has 0 saturated heterocycles. The zero-order valence-electron chi connectivity index (χ0n) is 10.1. The van der Waals surface area contributed by atoms with Gasteiger partial charge in [-0.05, 0) is 24.1 Å². The molecule has 0 spiro atoms. The predicted molar refractivity (Wildman–Crippen MR) is 63.7 cm³/mol. The lowest BCUT2D eigenvalue weighted by molar-refractivity contribution is -0.119. The first-order chi connectivity index (χ1) is 8.49. The summed E-state index contributed by atoms with van der Waals surface area (Å²) in [5, 5.41) is 20.0. The van der Waals surface area contributed by atoms with Gasteiger partial charge in [0.05, 0.1) is 11.6 Å². The highest BCUT2D eigenvalue weighted by Gasteiger charge is 2.21. The van der Waals surface area contributed by atoms with E-state index in [0.29, 0.717) is 5.69 Å². The van der Waals surface area contributed by atoms with E-state index in [1.165, 1.54) is 12.1 Å². The first-order valence-corrected chi connectivity index (χ1v) is 5.39. The van der Waals surface area contributed by atoms with Crippen LogP contribution in [-0.4, -0.2) is 5.91 Å². The molecule has 92 valence electrons. The molecule has 1 rings (SSSR count). The van der Waals surface area contributed by atoms with Crippen LogP contribution < -0.4 is 5.32 Å². The van der Waals surface area contributed by atoms with Gasteiger partial charge in [0.1, 0.15) is 17.8 Å². The number of benzene rings is 1. The third-order valence-electron chi connectivity index (χ3n) is 2.44. The van der Waals surface area contributed by atoms with E-state index in [4.69, 9.17) is 10.5 Å². The second kappa shape index (κ2) is 5.79. The molecule has 0 aliphatic rings. The van der Waals surface area contributed by atoms with Crippen LogP contribution in [0.5, 0.6) is 0 Å². The Balaban J connectivity index is 2.90. The molecule has 1 aromatic rings. The van der Waals surface area contributed by atoms with Crippen LogP contribution in [0.25, 0.3) is 0 Å². The summed E-state index contributed by atoms with van der Waals surface area (Å²) in [6.45, 7) is 3.53. The van der Waals surface area contributed by atoms with E-state index >= 15 is 0 Å². The van der Waals surface area contributed by atoms with Crippen LogP contribution in [0.4, 0.5) is 10.1 Å². The Labute approximate surface area is 105 Å². The predicted octanol–water partition coefficient (Wildman–Crippen LogP) is 2.43. The highest BCUT2D eigenvalue weighted by atomic mass is 19.1. The van der Waals surface area contributed by atoms with Crippen LogP contribution in [0.2, 0.25) is 0 Å². The molecular formula is C13H12FN3O. The maximum absolute atomic E-state index is 13.1. The van der Waals surface area contributed by atoms with Crippen LogP contribution in [0.15, 0.2) is 18.2 Å².